The average molecular weight is 398 g/mol. The summed E-state index contributed by atoms with van der Waals surface area (Å²) in [6, 6.07) is 10.4. The summed E-state index contributed by atoms with van der Waals surface area (Å²) < 4.78 is 5.30. The first kappa shape index (κ1) is 20.0. The van der Waals surface area contributed by atoms with Crippen LogP contribution < -0.4 is 10.5 Å². The molecule has 0 unspecified atom stereocenters. The number of nitrogens with zero attached hydrogens (tertiary/aromatic N) is 3. The van der Waals surface area contributed by atoms with E-state index in [0.717, 1.165) is 44.8 Å². The van der Waals surface area contributed by atoms with Crippen molar-refractivity contribution in [3.05, 3.63) is 58.1 Å². The molecule has 6 heteroatoms. The molecule has 1 aromatic heterocycles. The minimum Gasteiger partial charge on any atom is -0.507 e. The van der Waals surface area contributed by atoms with Gasteiger partial charge in [-0.15, -0.1) is 0 Å². The van der Waals surface area contributed by atoms with E-state index in [4.69, 9.17) is 4.42 Å². The molecule has 4 rings (SSSR count). The van der Waals surface area contributed by atoms with Gasteiger partial charge >= 0.3 is 5.63 Å². The van der Waals surface area contributed by atoms with Gasteiger partial charge in [-0.3, -0.25) is 9.80 Å². The molecule has 1 aromatic carbocycles. The Morgan fingerprint density at radius 2 is 1.48 bits per heavy atom. The van der Waals surface area contributed by atoms with Crippen LogP contribution in [-0.2, 0) is 13.1 Å². The molecule has 0 atom stereocenters. The summed E-state index contributed by atoms with van der Waals surface area (Å²) in [6.45, 7) is 6.67. The van der Waals surface area contributed by atoms with E-state index >= 15 is 0 Å². The first-order valence-corrected chi connectivity index (χ1v) is 10.8. The second-order valence-electron chi connectivity index (χ2n) is 8.16. The molecular formula is C23H31N3O3. The molecule has 0 radical (unpaired) electrons. The van der Waals surface area contributed by atoms with Crippen LogP contribution in [0.15, 0.2) is 45.8 Å². The standard InChI is InChI=1S/C23H31N3O3/c27-22-19(16-24-10-6-1-2-7-11-24)18-29-23(28)21(22)17-25-12-14-26(15-13-25)20-8-4-3-5-9-20/h3-5,8-9,18,27H,1-2,6-7,10-17H2. The molecule has 3 heterocycles. The van der Waals surface area contributed by atoms with Crippen molar-refractivity contribution in [3.63, 3.8) is 0 Å². The number of rotatable bonds is 5. The van der Waals surface area contributed by atoms with Gasteiger partial charge in [-0.2, -0.15) is 0 Å². The summed E-state index contributed by atoms with van der Waals surface area (Å²) >= 11 is 0. The van der Waals surface area contributed by atoms with Crippen molar-refractivity contribution in [1.29, 1.82) is 0 Å². The molecule has 2 saturated heterocycles. The van der Waals surface area contributed by atoms with Crippen LogP contribution in [0.5, 0.6) is 5.75 Å². The number of likely N-dealkylation sites (tertiary alicyclic amines) is 1. The molecular weight excluding hydrogens is 366 g/mol. The van der Waals surface area contributed by atoms with Gasteiger partial charge in [-0.05, 0) is 38.1 Å². The highest BCUT2D eigenvalue weighted by molar-refractivity contribution is 5.46. The predicted molar refractivity (Wildman–Crippen MR) is 114 cm³/mol. The van der Waals surface area contributed by atoms with Crippen molar-refractivity contribution in [2.45, 2.75) is 38.8 Å². The lowest BCUT2D eigenvalue weighted by Crippen LogP contribution is -2.46. The van der Waals surface area contributed by atoms with Gasteiger partial charge in [0, 0.05) is 50.5 Å². The molecule has 2 aromatic rings. The Kier molecular flexibility index (Phi) is 6.52. The number of benzene rings is 1. The Morgan fingerprint density at radius 1 is 0.828 bits per heavy atom. The minimum atomic E-state index is -0.424. The Morgan fingerprint density at radius 3 is 2.17 bits per heavy atom. The van der Waals surface area contributed by atoms with E-state index in [-0.39, 0.29) is 5.75 Å². The van der Waals surface area contributed by atoms with Crippen LogP contribution in [0.3, 0.4) is 0 Å². The van der Waals surface area contributed by atoms with Crippen LogP contribution in [0.4, 0.5) is 5.69 Å². The molecule has 2 aliphatic rings. The summed E-state index contributed by atoms with van der Waals surface area (Å²) in [5.74, 6) is 0.121. The third-order valence-corrected chi connectivity index (χ3v) is 6.11. The van der Waals surface area contributed by atoms with E-state index in [2.05, 4.69) is 39.0 Å². The Hall–Kier alpha value is -2.31. The van der Waals surface area contributed by atoms with Crippen molar-refractivity contribution in [1.82, 2.24) is 9.80 Å². The fraction of sp³-hybridized carbons (Fsp3) is 0.522. The fourth-order valence-electron chi connectivity index (χ4n) is 4.36. The van der Waals surface area contributed by atoms with Crippen LogP contribution in [0.25, 0.3) is 0 Å². The van der Waals surface area contributed by atoms with Crippen LogP contribution in [-0.4, -0.2) is 54.2 Å². The van der Waals surface area contributed by atoms with Crippen LogP contribution >= 0.6 is 0 Å². The van der Waals surface area contributed by atoms with E-state index in [0.29, 0.717) is 18.7 Å². The van der Waals surface area contributed by atoms with Gasteiger partial charge in [0.2, 0.25) is 0 Å². The van der Waals surface area contributed by atoms with Crippen molar-refractivity contribution in [2.24, 2.45) is 0 Å². The van der Waals surface area contributed by atoms with Crippen LogP contribution in [0.1, 0.15) is 36.8 Å². The zero-order valence-electron chi connectivity index (χ0n) is 17.1. The fourth-order valence-corrected chi connectivity index (χ4v) is 4.36. The maximum atomic E-state index is 12.3. The highest BCUT2D eigenvalue weighted by atomic mass is 16.4. The molecule has 6 nitrogen and oxygen atoms in total. The average Bonchev–Trinajstić information content (AvgIpc) is 3.03. The Balaban J connectivity index is 1.40. The molecule has 1 N–H and O–H groups in total. The number of hydrogen-bond acceptors (Lipinski definition) is 6. The number of aromatic hydroxyl groups is 1. The summed E-state index contributed by atoms with van der Waals surface area (Å²) in [7, 11) is 0. The maximum Gasteiger partial charge on any atom is 0.343 e. The second-order valence-corrected chi connectivity index (χ2v) is 8.16. The first-order valence-electron chi connectivity index (χ1n) is 10.8. The molecule has 0 saturated carbocycles. The van der Waals surface area contributed by atoms with E-state index in [9.17, 15) is 9.90 Å². The second kappa shape index (κ2) is 9.46. The minimum absolute atomic E-state index is 0.121. The van der Waals surface area contributed by atoms with E-state index in [1.165, 1.54) is 37.6 Å². The van der Waals surface area contributed by atoms with Gasteiger partial charge in [0.25, 0.3) is 0 Å². The molecule has 29 heavy (non-hydrogen) atoms. The summed E-state index contributed by atoms with van der Waals surface area (Å²) in [4.78, 5) is 19.3. The molecule has 0 spiro atoms. The maximum absolute atomic E-state index is 12.3. The van der Waals surface area contributed by atoms with Gasteiger partial charge in [0.05, 0.1) is 5.56 Å². The lowest BCUT2D eigenvalue weighted by Gasteiger charge is -2.36. The summed E-state index contributed by atoms with van der Waals surface area (Å²) in [6.07, 6.45) is 6.37. The number of para-hydroxylation sites is 1. The number of anilines is 1. The molecule has 0 aliphatic carbocycles. The molecule has 156 valence electrons. The highest BCUT2D eigenvalue weighted by Gasteiger charge is 2.22. The third-order valence-electron chi connectivity index (χ3n) is 6.11. The largest absolute Gasteiger partial charge is 0.507 e. The van der Waals surface area contributed by atoms with Crippen LogP contribution in [0.2, 0.25) is 0 Å². The zero-order chi connectivity index (χ0) is 20.1. The molecule has 2 fully saturated rings. The van der Waals surface area contributed by atoms with E-state index in [1.54, 1.807) is 0 Å². The van der Waals surface area contributed by atoms with Crippen molar-refractivity contribution < 1.29 is 9.52 Å². The summed E-state index contributed by atoms with van der Waals surface area (Å²) in [5, 5.41) is 10.8. The topological polar surface area (TPSA) is 60.2 Å². The van der Waals surface area contributed by atoms with Gasteiger partial charge < -0.3 is 14.4 Å². The lowest BCUT2D eigenvalue weighted by molar-refractivity contribution is 0.238. The number of hydrogen-bond donors (Lipinski definition) is 1. The molecule has 2 aliphatic heterocycles. The predicted octanol–water partition coefficient (Wildman–Crippen LogP) is 3.04. The van der Waals surface area contributed by atoms with Gasteiger partial charge in [0.1, 0.15) is 12.0 Å². The van der Waals surface area contributed by atoms with Gasteiger partial charge in [-0.1, -0.05) is 31.0 Å². The zero-order valence-corrected chi connectivity index (χ0v) is 17.1. The third kappa shape index (κ3) is 5.00. The first-order chi connectivity index (χ1) is 14.2. The molecule has 0 amide bonds. The monoisotopic (exact) mass is 397 g/mol. The SMILES string of the molecule is O=c1occ(CN2CCCCCC2)c(O)c1CN1CCN(c2ccccc2)CC1. The quantitative estimate of drug-likeness (QED) is 0.837. The van der Waals surface area contributed by atoms with E-state index < -0.39 is 5.63 Å². The Labute approximate surface area is 172 Å². The smallest absolute Gasteiger partial charge is 0.343 e. The normalized spacial score (nSPS) is 19.2. The summed E-state index contributed by atoms with van der Waals surface area (Å²) in [5.41, 5.74) is 1.93. The number of piperazine rings is 1. The van der Waals surface area contributed by atoms with Gasteiger partial charge in [0.15, 0.2) is 0 Å². The van der Waals surface area contributed by atoms with Crippen molar-refractivity contribution >= 4 is 5.69 Å². The van der Waals surface area contributed by atoms with Crippen LogP contribution in [0, 0.1) is 0 Å². The van der Waals surface area contributed by atoms with Crippen molar-refractivity contribution in [3.8, 4) is 5.75 Å². The highest BCUT2D eigenvalue weighted by Crippen LogP contribution is 2.24. The Bertz CT molecular complexity index is 836. The van der Waals surface area contributed by atoms with Crippen molar-refractivity contribution in [2.75, 3.05) is 44.2 Å². The van der Waals surface area contributed by atoms with E-state index in [1.807, 2.05) is 6.07 Å². The van der Waals surface area contributed by atoms with Gasteiger partial charge in [-0.25, -0.2) is 4.79 Å². The lowest BCUT2D eigenvalue weighted by atomic mass is 10.1. The molecule has 0 bridgehead atoms.